The van der Waals surface area contributed by atoms with E-state index in [1.165, 1.54) is 24.3 Å². The number of hydrogen-bond donors (Lipinski definition) is 2. The van der Waals surface area contributed by atoms with Crippen LogP contribution in [0.25, 0.3) is 22.3 Å². The Morgan fingerprint density at radius 2 is 1.93 bits per heavy atom. The topological polar surface area (TPSA) is 120 Å². The quantitative estimate of drug-likeness (QED) is 0.187. The summed E-state index contributed by atoms with van der Waals surface area (Å²) in [6, 6.07) is 10.7. The molecule has 0 aliphatic heterocycles. The summed E-state index contributed by atoms with van der Waals surface area (Å²) in [5, 5.41) is 17.0. The van der Waals surface area contributed by atoms with Crippen molar-refractivity contribution < 1.29 is 37.1 Å². The van der Waals surface area contributed by atoms with Gasteiger partial charge >= 0.3 is 12.3 Å². The average molecular weight is 611 g/mol. The predicted molar refractivity (Wildman–Crippen MR) is 155 cm³/mol. The lowest BCUT2D eigenvalue weighted by atomic mass is 9.75. The van der Waals surface area contributed by atoms with Crippen LogP contribution in [0.3, 0.4) is 0 Å². The number of halogens is 3. The van der Waals surface area contributed by atoms with Crippen LogP contribution in [0.1, 0.15) is 73.6 Å². The van der Waals surface area contributed by atoms with Gasteiger partial charge in [-0.2, -0.15) is 0 Å². The summed E-state index contributed by atoms with van der Waals surface area (Å²) in [5.74, 6) is 0.617. The number of carboxylic acid groups (broad SMARTS) is 1. The molecule has 44 heavy (non-hydrogen) atoms. The molecule has 2 fully saturated rings. The third-order valence-corrected chi connectivity index (χ3v) is 8.55. The fourth-order valence-corrected chi connectivity index (χ4v) is 6.22. The molecule has 6 rings (SSSR count). The first kappa shape index (κ1) is 29.9. The fraction of sp³-hybridized carbons (Fsp3) is 0.438. The molecule has 4 aromatic rings. The standard InChI is InChI=1S/C32H33F3N4O5/c1-3-18-13-21(12-17(2)28(18)38-27-15-36-25-14-20(31(40)41)10-11-24(25)37-27)42-16-23-29(39-44-30(23)19-8-9-19)22-6-4-5-7-26(22)43-32(33,34)35/h4-7,10-11,14-15,17-19,21,28H,3,8-9,12-13,16H2,1-2H3,(H,37,38)(H,40,41). The lowest BCUT2D eigenvalue weighted by Gasteiger charge is -2.41. The summed E-state index contributed by atoms with van der Waals surface area (Å²) in [6.07, 6.45) is 1.05. The van der Waals surface area contributed by atoms with Crippen LogP contribution in [0, 0.1) is 11.8 Å². The van der Waals surface area contributed by atoms with Crippen molar-refractivity contribution in [3.05, 3.63) is 65.5 Å². The highest BCUT2D eigenvalue weighted by Crippen LogP contribution is 2.46. The first-order valence-corrected chi connectivity index (χ1v) is 14.8. The first-order valence-electron chi connectivity index (χ1n) is 14.8. The van der Waals surface area contributed by atoms with Crippen LogP contribution in [0.15, 0.2) is 53.2 Å². The van der Waals surface area contributed by atoms with Crippen LogP contribution >= 0.6 is 0 Å². The number of anilines is 1. The second kappa shape index (κ2) is 12.1. The Kier molecular flexibility index (Phi) is 8.19. The number of benzene rings is 2. The van der Waals surface area contributed by atoms with Gasteiger partial charge in [0.1, 0.15) is 23.0 Å². The Morgan fingerprint density at radius 3 is 2.66 bits per heavy atom. The Labute approximate surface area is 251 Å². The summed E-state index contributed by atoms with van der Waals surface area (Å²) in [4.78, 5) is 20.4. The van der Waals surface area contributed by atoms with Crippen molar-refractivity contribution in [2.75, 3.05) is 5.32 Å². The van der Waals surface area contributed by atoms with Gasteiger partial charge in [0.2, 0.25) is 0 Å². The minimum Gasteiger partial charge on any atom is -0.478 e. The molecule has 12 heteroatoms. The maximum atomic E-state index is 13.1. The molecule has 2 saturated carbocycles. The molecule has 2 aliphatic rings. The molecule has 0 amide bonds. The van der Waals surface area contributed by atoms with Gasteiger partial charge in [-0.3, -0.25) is 4.98 Å². The number of para-hydroxylation sites is 1. The number of aromatic carboxylic acids is 1. The number of fused-ring (bicyclic) bond motifs is 1. The average Bonchev–Trinajstić information content (AvgIpc) is 3.75. The lowest BCUT2D eigenvalue weighted by Crippen LogP contribution is -2.43. The van der Waals surface area contributed by atoms with Gasteiger partial charge in [0.25, 0.3) is 0 Å². The fourth-order valence-electron chi connectivity index (χ4n) is 6.22. The van der Waals surface area contributed by atoms with Gasteiger partial charge in [0.05, 0.1) is 35.5 Å². The van der Waals surface area contributed by atoms with Gasteiger partial charge < -0.3 is 24.4 Å². The van der Waals surface area contributed by atoms with Gasteiger partial charge in [0, 0.05) is 23.1 Å². The van der Waals surface area contributed by atoms with Crippen molar-refractivity contribution in [3.8, 4) is 17.0 Å². The molecule has 2 N–H and O–H groups in total. The molecule has 2 heterocycles. The number of aromatic nitrogens is 3. The van der Waals surface area contributed by atoms with E-state index < -0.39 is 12.3 Å². The van der Waals surface area contributed by atoms with Crippen LogP contribution in [-0.4, -0.2) is 44.7 Å². The zero-order valence-corrected chi connectivity index (χ0v) is 24.3. The molecular formula is C32H33F3N4O5. The first-order chi connectivity index (χ1) is 21.1. The summed E-state index contributed by atoms with van der Waals surface area (Å²) in [6.45, 7) is 4.47. The van der Waals surface area contributed by atoms with E-state index in [1.54, 1.807) is 24.4 Å². The van der Waals surface area contributed by atoms with Gasteiger partial charge in [-0.05, 0) is 67.9 Å². The van der Waals surface area contributed by atoms with E-state index >= 15 is 0 Å². The van der Waals surface area contributed by atoms with Crippen molar-refractivity contribution in [2.24, 2.45) is 11.8 Å². The van der Waals surface area contributed by atoms with E-state index in [4.69, 9.17) is 9.26 Å². The number of nitrogens with zero attached hydrogens (tertiary/aromatic N) is 3. The number of alkyl halides is 3. The summed E-state index contributed by atoms with van der Waals surface area (Å²) in [7, 11) is 0. The largest absolute Gasteiger partial charge is 0.573 e. The van der Waals surface area contributed by atoms with E-state index in [0.717, 1.165) is 32.1 Å². The third-order valence-electron chi connectivity index (χ3n) is 8.55. The highest BCUT2D eigenvalue weighted by atomic mass is 19.4. The van der Waals surface area contributed by atoms with Crippen LogP contribution in [0.2, 0.25) is 0 Å². The van der Waals surface area contributed by atoms with Crippen molar-refractivity contribution in [2.45, 2.75) is 77.0 Å². The Bertz CT molecular complexity index is 1650. The van der Waals surface area contributed by atoms with Crippen molar-refractivity contribution in [1.82, 2.24) is 15.1 Å². The molecular weight excluding hydrogens is 577 g/mol. The van der Waals surface area contributed by atoms with Gasteiger partial charge in [0.15, 0.2) is 0 Å². The second-order valence-corrected chi connectivity index (χ2v) is 11.7. The van der Waals surface area contributed by atoms with E-state index in [9.17, 15) is 23.1 Å². The number of carboxylic acids is 1. The Balaban J connectivity index is 1.17. The third kappa shape index (κ3) is 6.50. The highest BCUT2D eigenvalue weighted by Gasteiger charge is 2.38. The maximum Gasteiger partial charge on any atom is 0.573 e. The van der Waals surface area contributed by atoms with Gasteiger partial charge in [-0.1, -0.05) is 37.6 Å². The van der Waals surface area contributed by atoms with E-state index in [1.807, 2.05) is 0 Å². The number of hydrogen-bond acceptors (Lipinski definition) is 8. The van der Waals surface area contributed by atoms with Crippen LogP contribution in [-0.2, 0) is 11.3 Å². The Hall–Kier alpha value is -4.19. The van der Waals surface area contributed by atoms with Crippen molar-refractivity contribution in [3.63, 3.8) is 0 Å². The molecule has 9 nitrogen and oxygen atoms in total. The van der Waals surface area contributed by atoms with E-state index in [2.05, 4.69) is 39.0 Å². The van der Waals surface area contributed by atoms with Crippen LogP contribution < -0.4 is 10.1 Å². The smallest absolute Gasteiger partial charge is 0.478 e. The molecule has 0 saturated heterocycles. The molecule has 2 aromatic heterocycles. The lowest BCUT2D eigenvalue weighted by molar-refractivity contribution is -0.274. The van der Waals surface area contributed by atoms with Crippen molar-refractivity contribution in [1.29, 1.82) is 0 Å². The number of rotatable bonds is 10. The van der Waals surface area contributed by atoms with E-state index in [-0.39, 0.29) is 53.4 Å². The predicted octanol–water partition coefficient (Wildman–Crippen LogP) is 7.58. The second-order valence-electron chi connectivity index (χ2n) is 11.7. The molecule has 0 radical (unpaired) electrons. The minimum absolute atomic E-state index is 0.0680. The zero-order valence-electron chi connectivity index (χ0n) is 24.3. The van der Waals surface area contributed by atoms with Crippen LogP contribution in [0.5, 0.6) is 5.75 Å². The monoisotopic (exact) mass is 610 g/mol. The molecule has 2 aromatic carbocycles. The SMILES string of the molecule is CCC1CC(OCc2c(-c3ccccc3OC(F)(F)F)noc2C2CC2)CC(C)C1Nc1cnc2cc(C(=O)O)ccc2n1. The normalized spacial score (nSPS) is 22.2. The maximum absolute atomic E-state index is 13.1. The molecule has 0 bridgehead atoms. The van der Waals surface area contributed by atoms with E-state index in [0.29, 0.717) is 33.9 Å². The van der Waals surface area contributed by atoms with Crippen LogP contribution in [0.4, 0.5) is 19.0 Å². The number of nitrogens with one attached hydrogen (secondary N) is 1. The van der Waals surface area contributed by atoms with Crippen molar-refractivity contribution >= 4 is 22.8 Å². The van der Waals surface area contributed by atoms with Gasteiger partial charge in [-0.15, -0.1) is 13.2 Å². The summed E-state index contributed by atoms with van der Waals surface area (Å²) in [5.41, 5.74) is 2.47. The molecule has 4 atom stereocenters. The van der Waals surface area contributed by atoms with Gasteiger partial charge in [-0.25, -0.2) is 9.78 Å². The Morgan fingerprint density at radius 1 is 1.14 bits per heavy atom. The molecule has 2 aliphatic carbocycles. The zero-order chi connectivity index (χ0) is 31.0. The number of carbonyl (C=O) groups is 1. The summed E-state index contributed by atoms with van der Waals surface area (Å²) >= 11 is 0. The molecule has 4 unspecified atom stereocenters. The molecule has 0 spiro atoms. The summed E-state index contributed by atoms with van der Waals surface area (Å²) < 4.78 is 55.9. The molecule has 232 valence electrons. The highest BCUT2D eigenvalue weighted by molar-refractivity contribution is 5.92. The number of ether oxygens (including phenoxy) is 2. The minimum atomic E-state index is -4.84.